The first kappa shape index (κ1) is 14.3. The molecule has 0 bridgehead atoms. The first-order chi connectivity index (χ1) is 11.3. The van der Waals surface area contributed by atoms with Gasteiger partial charge in [-0.15, -0.1) is 11.3 Å². The predicted octanol–water partition coefficient (Wildman–Crippen LogP) is 2.97. The maximum Gasteiger partial charge on any atom is 0.212 e. The lowest BCUT2D eigenvalue weighted by atomic mass is 10.2. The summed E-state index contributed by atoms with van der Waals surface area (Å²) in [5, 5.41) is 7.50. The Hall–Kier alpha value is -2.29. The van der Waals surface area contributed by atoms with E-state index in [1.54, 1.807) is 30.8 Å². The molecule has 0 aromatic carbocycles. The van der Waals surface area contributed by atoms with E-state index in [1.165, 1.54) is 11.3 Å². The number of ether oxygens (including phenoxy) is 1. The highest BCUT2D eigenvalue weighted by Gasteiger charge is 2.18. The number of hydrogen-bond donors (Lipinski definition) is 1. The van der Waals surface area contributed by atoms with E-state index in [1.807, 2.05) is 34.2 Å². The lowest BCUT2D eigenvalue weighted by Gasteiger charge is -2.04. The van der Waals surface area contributed by atoms with E-state index in [4.69, 9.17) is 10.5 Å². The summed E-state index contributed by atoms with van der Waals surface area (Å²) >= 11 is 3.14. The van der Waals surface area contributed by atoms with Crippen LogP contribution in [0.4, 0.5) is 0 Å². The summed E-state index contributed by atoms with van der Waals surface area (Å²) in [6, 6.07) is 7.55. The van der Waals surface area contributed by atoms with E-state index >= 15 is 0 Å². The van der Waals surface area contributed by atoms with Crippen molar-refractivity contribution in [2.45, 2.75) is 6.04 Å². The second-order valence-corrected chi connectivity index (χ2v) is 6.83. The van der Waals surface area contributed by atoms with Crippen LogP contribution in [-0.2, 0) is 0 Å². The summed E-state index contributed by atoms with van der Waals surface area (Å²) < 4.78 is 6.90. The average molecular weight is 343 g/mol. The Morgan fingerprint density at radius 2 is 2.13 bits per heavy atom. The molecule has 0 radical (unpaired) electrons. The van der Waals surface area contributed by atoms with Crippen molar-refractivity contribution in [1.82, 2.24) is 19.6 Å². The van der Waals surface area contributed by atoms with Gasteiger partial charge in [0, 0.05) is 22.7 Å². The van der Waals surface area contributed by atoms with Gasteiger partial charge < -0.3 is 10.5 Å². The predicted molar refractivity (Wildman–Crippen MR) is 91.0 cm³/mol. The van der Waals surface area contributed by atoms with Gasteiger partial charge in [-0.2, -0.15) is 5.10 Å². The fourth-order valence-electron chi connectivity index (χ4n) is 2.27. The van der Waals surface area contributed by atoms with E-state index in [2.05, 4.69) is 15.1 Å². The Morgan fingerprint density at radius 3 is 2.83 bits per heavy atom. The molecule has 4 aromatic heterocycles. The number of fused-ring (bicyclic) bond motifs is 1. The third kappa shape index (κ3) is 2.50. The number of hydrogen-bond acceptors (Lipinski definition) is 7. The number of pyridine rings is 1. The second-order valence-electron chi connectivity index (χ2n) is 4.86. The molecule has 0 spiro atoms. The lowest BCUT2D eigenvalue weighted by Crippen LogP contribution is -2.10. The first-order valence-electron chi connectivity index (χ1n) is 6.90. The van der Waals surface area contributed by atoms with Crippen molar-refractivity contribution in [3.63, 3.8) is 0 Å². The van der Waals surface area contributed by atoms with Crippen molar-refractivity contribution < 1.29 is 4.74 Å². The quantitative estimate of drug-likeness (QED) is 0.616. The second kappa shape index (κ2) is 5.73. The molecular weight excluding hydrogens is 330 g/mol. The summed E-state index contributed by atoms with van der Waals surface area (Å²) in [5.74, 6) is 0.577. The number of rotatable bonds is 4. The fourth-order valence-corrected chi connectivity index (χ4v) is 3.97. The monoisotopic (exact) mass is 343 g/mol. The molecule has 4 heterocycles. The van der Waals surface area contributed by atoms with Gasteiger partial charge >= 0.3 is 0 Å². The topological polar surface area (TPSA) is 78.3 Å². The highest BCUT2D eigenvalue weighted by molar-refractivity contribution is 7.17. The SMILES string of the molecule is COc1ccc(-c2cnc3sc(C(N)c4cccs4)nn23)cn1. The number of imidazole rings is 1. The highest BCUT2D eigenvalue weighted by atomic mass is 32.1. The molecule has 4 aromatic rings. The van der Waals surface area contributed by atoms with Crippen molar-refractivity contribution in [2.75, 3.05) is 7.11 Å². The number of methoxy groups -OCH3 is 1. The maximum atomic E-state index is 6.30. The molecular formula is C15H13N5OS2. The van der Waals surface area contributed by atoms with Crippen LogP contribution in [0.3, 0.4) is 0 Å². The molecule has 2 N–H and O–H groups in total. The molecule has 0 amide bonds. The van der Waals surface area contributed by atoms with Crippen molar-refractivity contribution in [1.29, 1.82) is 0 Å². The van der Waals surface area contributed by atoms with Gasteiger partial charge in [-0.25, -0.2) is 14.5 Å². The third-order valence-corrected chi connectivity index (χ3v) is 5.42. The number of aromatic nitrogens is 4. The number of thiophene rings is 1. The summed E-state index contributed by atoms with van der Waals surface area (Å²) in [6.45, 7) is 0. The molecule has 116 valence electrons. The van der Waals surface area contributed by atoms with E-state index < -0.39 is 0 Å². The molecule has 0 saturated carbocycles. The number of nitrogens with two attached hydrogens (primary N) is 1. The van der Waals surface area contributed by atoms with Gasteiger partial charge in [0.2, 0.25) is 10.8 Å². The molecule has 23 heavy (non-hydrogen) atoms. The van der Waals surface area contributed by atoms with E-state index in [0.717, 1.165) is 26.1 Å². The molecule has 0 saturated heterocycles. The summed E-state index contributed by atoms with van der Waals surface area (Å²) in [5.41, 5.74) is 8.11. The van der Waals surface area contributed by atoms with Gasteiger partial charge in [0.15, 0.2) is 0 Å². The summed E-state index contributed by atoms with van der Waals surface area (Å²) in [7, 11) is 1.59. The lowest BCUT2D eigenvalue weighted by molar-refractivity contribution is 0.398. The van der Waals surface area contributed by atoms with Crippen LogP contribution in [0.2, 0.25) is 0 Å². The van der Waals surface area contributed by atoms with Gasteiger partial charge in [0.1, 0.15) is 5.01 Å². The van der Waals surface area contributed by atoms with Crippen LogP contribution in [0.25, 0.3) is 16.2 Å². The summed E-state index contributed by atoms with van der Waals surface area (Å²) in [4.78, 5) is 10.6. The number of nitrogens with zero attached hydrogens (tertiary/aromatic N) is 4. The maximum absolute atomic E-state index is 6.30. The Bertz CT molecular complexity index is 927. The van der Waals surface area contributed by atoms with Crippen LogP contribution in [0.15, 0.2) is 42.0 Å². The van der Waals surface area contributed by atoms with Crippen molar-refractivity contribution in [3.8, 4) is 17.1 Å². The fraction of sp³-hybridized carbons (Fsp3) is 0.133. The minimum Gasteiger partial charge on any atom is -0.481 e. The molecule has 0 fully saturated rings. The van der Waals surface area contributed by atoms with Gasteiger partial charge in [-0.05, 0) is 17.5 Å². The van der Waals surface area contributed by atoms with Gasteiger partial charge in [-0.3, -0.25) is 0 Å². The molecule has 1 atom stereocenters. The van der Waals surface area contributed by atoms with Gasteiger partial charge in [0.05, 0.1) is 25.0 Å². The van der Waals surface area contributed by atoms with Crippen LogP contribution in [-0.4, -0.2) is 26.7 Å². The van der Waals surface area contributed by atoms with Crippen LogP contribution in [0.5, 0.6) is 5.88 Å². The Kier molecular flexibility index (Phi) is 3.56. The molecule has 8 heteroatoms. The Labute approximate surface area is 140 Å². The zero-order valence-electron chi connectivity index (χ0n) is 12.2. The zero-order chi connectivity index (χ0) is 15.8. The molecule has 6 nitrogen and oxygen atoms in total. The molecule has 0 aliphatic carbocycles. The first-order valence-corrected chi connectivity index (χ1v) is 8.60. The van der Waals surface area contributed by atoms with E-state index in [9.17, 15) is 0 Å². The van der Waals surface area contributed by atoms with Gasteiger partial charge in [0.25, 0.3) is 0 Å². The molecule has 1 unspecified atom stereocenters. The zero-order valence-corrected chi connectivity index (χ0v) is 13.8. The smallest absolute Gasteiger partial charge is 0.212 e. The highest BCUT2D eigenvalue weighted by Crippen LogP contribution is 2.30. The van der Waals surface area contributed by atoms with Crippen LogP contribution in [0, 0.1) is 0 Å². The summed E-state index contributed by atoms with van der Waals surface area (Å²) in [6.07, 6.45) is 3.54. The molecule has 4 rings (SSSR count). The Balaban J connectivity index is 1.74. The van der Waals surface area contributed by atoms with E-state index in [-0.39, 0.29) is 6.04 Å². The van der Waals surface area contributed by atoms with Crippen molar-refractivity contribution >= 4 is 27.6 Å². The van der Waals surface area contributed by atoms with Gasteiger partial charge in [-0.1, -0.05) is 17.4 Å². The average Bonchev–Trinajstić information content (AvgIpc) is 3.30. The Morgan fingerprint density at radius 1 is 1.22 bits per heavy atom. The van der Waals surface area contributed by atoms with Crippen LogP contribution in [0.1, 0.15) is 15.9 Å². The van der Waals surface area contributed by atoms with Crippen LogP contribution < -0.4 is 10.5 Å². The van der Waals surface area contributed by atoms with Crippen LogP contribution >= 0.6 is 22.7 Å². The normalized spacial score (nSPS) is 12.6. The minimum atomic E-state index is -0.219. The molecule has 0 aliphatic heterocycles. The standard InChI is InChI=1S/C15H13N5OS2/c1-21-12-5-4-9(7-17-12)10-8-18-15-20(10)19-14(23-15)13(16)11-3-2-6-22-11/h2-8,13H,16H2,1H3. The van der Waals surface area contributed by atoms with E-state index in [0.29, 0.717) is 5.88 Å². The minimum absolute atomic E-state index is 0.219. The van der Waals surface area contributed by atoms with Crippen molar-refractivity contribution in [3.05, 3.63) is 51.9 Å². The molecule has 0 aliphatic rings. The largest absolute Gasteiger partial charge is 0.481 e. The van der Waals surface area contributed by atoms with Crippen molar-refractivity contribution in [2.24, 2.45) is 5.73 Å². The third-order valence-electron chi connectivity index (χ3n) is 3.46.